The molecule has 0 bridgehead atoms. The van der Waals surface area contributed by atoms with Crippen molar-refractivity contribution in [2.45, 2.75) is 6.42 Å². The highest BCUT2D eigenvalue weighted by Gasteiger charge is 2.00. The Morgan fingerprint density at radius 3 is 3.08 bits per heavy atom. The zero-order valence-corrected chi connectivity index (χ0v) is 6.97. The maximum atomic E-state index is 5.55. The van der Waals surface area contributed by atoms with Crippen molar-refractivity contribution in [1.29, 1.82) is 0 Å². The summed E-state index contributed by atoms with van der Waals surface area (Å²) in [5, 5.41) is 7.67. The molecule has 0 radical (unpaired) electrons. The smallest absolute Gasteiger partial charge is 0.109 e. The van der Waals surface area contributed by atoms with Crippen molar-refractivity contribution in [2.24, 2.45) is 0 Å². The molecule has 4 nitrogen and oxygen atoms in total. The average Bonchev–Trinajstić information content (AvgIpc) is 2.57. The number of hydrogen-bond donors (Lipinski definition) is 1. The van der Waals surface area contributed by atoms with Gasteiger partial charge in [-0.1, -0.05) is 0 Å². The van der Waals surface area contributed by atoms with Crippen LogP contribution in [0.3, 0.4) is 0 Å². The summed E-state index contributed by atoms with van der Waals surface area (Å²) in [6.45, 7) is 0. The van der Waals surface area contributed by atoms with E-state index in [1.54, 1.807) is 12.3 Å². The number of nitrogen functional groups attached to an aromatic ring is 1. The van der Waals surface area contributed by atoms with Crippen LogP contribution in [0.4, 0.5) is 5.69 Å². The second kappa shape index (κ2) is 3.26. The molecule has 0 unspecified atom stereocenters. The van der Waals surface area contributed by atoms with Crippen LogP contribution in [0.25, 0.3) is 0 Å². The Labute approximate surface area is 75.4 Å². The second-order valence-electron chi connectivity index (χ2n) is 2.74. The topological polar surface area (TPSA) is 64.9 Å². The van der Waals surface area contributed by atoms with E-state index in [2.05, 4.69) is 10.2 Å². The lowest BCUT2D eigenvalue weighted by molar-refractivity contribution is 0.518. The van der Waals surface area contributed by atoms with E-state index >= 15 is 0 Å². The summed E-state index contributed by atoms with van der Waals surface area (Å²) in [6.07, 6.45) is 3.78. The Balaban J connectivity index is 2.19. The molecular formula is C9H9N3O. The molecule has 0 atom stereocenters. The molecule has 2 N–H and O–H groups in total. The Kier molecular flexibility index (Phi) is 1.96. The minimum atomic E-state index is 0.622. The van der Waals surface area contributed by atoms with Crippen molar-refractivity contribution in [3.63, 3.8) is 0 Å². The molecule has 13 heavy (non-hydrogen) atoms. The van der Waals surface area contributed by atoms with Crippen molar-refractivity contribution in [2.75, 3.05) is 5.73 Å². The quantitative estimate of drug-likeness (QED) is 0.745. The van der Waals surface area contributed by atoms with E-state index in [1.165, 1.54) is 6.20 Å². The molecule has 2 rings (SSSR count). The van der Waals surface area contributed by atoms with Crippen LogP contribution in [-0.4, -0.2) is 10.2 Å². The van der Waals surface area contributed by atoms with Crippen molar-refractivity contribution >= 4 is 5.69 Å². The molecule has 0 aliphatic rings. The van der Waals surface area contributed by atoms with Gasteiger partial charge in [0.1, 0.15) is 5.76 Å². The van der Waals surface area contributed by atoms with Gasteiger partial charge in [-0.05, 0) is 18.2 Å². The summed E-state index contributed by atoms with van der Waals surface area (Å²) >= 11 is 0. The summed E-state index contributed by atoms with van der Waals surface area (Å²) < 4.78 is 5.17. The average molecular weight is 175 g/mol. The molecule has 2 aromatic rings. The highest BCUT2D eigenvalue weighted by Crippen LogP contribution is 2.08. The lowest BCUT2D eigenvalue weighted by Crippen LogP contribution is -1.96. The van der Waals surface area contributed by atoms with Crippen molar-refractivity contribution in [1.82, 2.24) is 10.2 Å². The van der Waals surface area contributed by atoms with Crippen LogP contribution in [0, 0.1) is 0 Å². The van der Waals surface area contributed by atoms with Gasteiger partial charge in [0.05, 0.1) is 30.3 Å². The van der Waals surface area contributed by atoms with E-state index < -0.39 is 0 Å². The first kappa shape index (κ1) is 7.79. The van der Waals surface area contributed by atoms with Crippen LogP contribution in [0.15, 0.2) is 35.1 Å². The van der Waals surface area contributed by atoms with Crippen LogP contribution in [-0.2, 0) is 6.42 Å². The third-order valence-electron chi connectivity index (χ3n) is 1.66. The van der Waals surface area contributed by atoms with Crippen molar-refractivity contribution in [3.05, 3.63) is 42.1 Å². The Morgan fingerprint density at radius 2 is 2.38 bits per heavy atom. The highest BCUT2D eigenvalue weighted by molar-refractivity contribution is 5.35. The van der Waals surface area contributed by atoms with Gasteiger partial charge in [0, 0.05) is 0 Å². The van der Waals surface area contributed by atoms with Gasteiger partial charge >= 0.3 is 0 Å². The molecule has 0 spiro atoms. The Hall–Kier alpha value is -1.84. The summed E-state index contributed by atoms with van der Waals surface area (Å²) in [4.78, 5) is 0. The van der Waals surface area contributed by atoms with Crippen LogP contribution in [0.5, 0.6) is 0 Å². The first-order valence-electron chi connectivity index (χ1n) is 3.94. The molecule has 4 heteroatoms. The standard InChI is InChI=1S/C9H9N3O/c10-7-4-8(12-11-6-7)5-9-2-1-3-13-9/h1-4,6H,5H2,(H2,10,12). The normalized spacial score (nSPS) is 10.2. The molecule has 66 valence electrons. The number of nitrogens with zero attached hydrogens (tertiary/aromatic N) is 2. The van der Waals surface area contributed by atoms with Gasteiger partial charge in [-0.3, -0.25) is 0 Å². The van der Waals surface area contributed by atoms with Crippen LogP contribution in [0.1, 0.15) is 11.5 Å². The fraction of sp³-hybridized carbons (Fsp3) is 0.111. The van der Waals surface area contributed by atoms with E-state index in [9.17, 15) is 0 Å². The van der Waals surface area contributed by atoms with Crippen LogP contribution < -0.4 is 5.73 Å². The van der Waals surface area contributed by atoms with Gasteiger partial charge in [0.2, 0.25) is 0 Å². The number of anilines is 1. The van der Waals surface area contributed by atoms with Gasteiger partial charge in [-0.2, -0.15) is 10.2 Å². The largest absolute Gasteiger partial charge is 0.469 e. The molecule has 2 heterocycles. The summed E-state index contributed by atoms with van der Waals surface area (Å²) in [5.41, 5.74) is 6.99. The predicted molar refractivity (Wildman–Crippen MR) is 48.0 cm³/mol. The SMILES string of the molecule is Nc1cnnc(Cc2ccco2)c1. The summed E-state index contributed by atoms with van der Waals surface area (Å²) in [6, 6.07) is 5.52. The lowest BCUT2D eigenvalue weighted by Gasteiger charge is -1.96. The Morgan fingerprint density at radius 1 is 1.46 bits per heavy atom. The number of rotatable bonds is 2. The maximum absolute atomic E-state index is 5.55. The molecule has 0 saturated heterocycles. The van der Waals surface area contributed by atoms with Gasteiger partial charge in [0.15, 0.2) is 0 Å². The molecule has 0 aromatic carbocycles. The first-order chi connectivity index (χ1) is 6.34. The molecule has 0 aliphatic heterocycles. The third kappa shape index (κ3) is 1.84. The maximum Gasteiger partial charge on any atom is 0.109 e. The molecule has 0 amide bonds. The molecule has 2 aromatic heterocycles. The summed E-state index contributed by atoms with van der Waals surface area (Å²) in [7, 11) is 0. The minimum Gasteiger partial charge on any atom is -0.469 e. The van der Waals surface area contributed by atoms with E-state index in [-0.39, 0.29) is 0 Å². The molecule has 0 saturated carbocycles. The zero-order valence-electron chi connectivity index (χ0n) is 6.97. The van der Waals surface area contributed by atoms with E-state index in [0.717, 1.165) is 11.5 Å². The fourth-order valence-electron chi connectivity index (χ4n) is 1.11. The number of aromatic nitrogens is 2. The van der Waals surface area contributed by atoms with Crippen LogP contribution in [0.2, 0.25) is 0 Å². The van der Waals surface area contributed by atoms with E-state index in [4.69, 9.17) is 10.2 Å². The minimum absolute atomic E-state index is 0.622. The van der Waals surface area contributed by atoms with Crippen LogP contribution >= 0.6 is 0 Å². The zero-order chi connectivity index (χ0) is 9.10. The summed E-state index contributed by atoms with van der Waals surface area (Å²) in [5.74, 6) is 0.861. The number of furan rings is 1. The molecule has 0 aliphatic carbocycles. The van der Waals surface area contributed by atoms with Crippen molar-refractivity contribution < 1.29 is 4.42 Å². The third-order valence-corrected chi connectivity index (χ3v) is 1.66. The number of nitrogens with two attached hydrogens (primary N) is 1. The van der Waals surface area contributed by atoms with Gasteiger partial charge < -0.3 is 10.2 Å². The Bertz CT molecular complexity index is 384. The van der Waals surface area contributed by atoms with Gasteiger partial charge in [-0.25, -0.2) is 0 Å². The highest BCUT2D eigenvalue weighted by atomic mass is 16.3. The fourth-order valence-corrected chi connectivity index (χ4v) is 1.11. The van der Waals surface area contributed by atoms with E-state index in [1.807, 2.05) is 12.1 Å². The lowest BCUT2D eigenvalue weighted by atomic mass is 10.2. The van der Waals surface area contributed by atoms with Gasteiger partial charge in [-0.15, -0.1) is 0 Å². The van der Waals surface area contributed by atoms with E-state index in [0.29, 0.717) is 12.1 Å². The first-order valence-corrected chi connectivity index (χ1v) is 3.94. The second-order valence-corrected chi connectivity index (χ2v) is 2.74. The monoisotopic (exact) mass is 175 g/mol. The predicted octanol–water partition coefficient (Wildman–Crippen LogP) is 1.24. The number of hydrogen-bond acceptors (Lipinski definition) is 4. The molecular weight excluding hydrogens is 166 g/mol. The van der Waals surface area contributed by atoms with Gasteiger partial charge in [0.25, 0.3) is 0 Å². The van der Waals surface area contributed by atoms with Crippen molar-refractivity contribution in [3.8, 4) is 0 Å². The molecule has 0 fully saturated rings.